The maximum Gasteiger partial charge on any atom is 0.256 e. The second-order valence-corrected chi connectivity index (χ2v) is 5.22. The molecule has 1 aliphatic rings. The first kappa shape index (κ1) is 13.8. The Kier molecular flexibility index (Phi) is 3.70. The molecule has 1 amide bonds. The maximum atomic E-state index is 12.3. The average molecular weight is 350 g/mol. The van der Waals surface area contributed by atoms with Crippen LogP contribution in [0.3, 0.4) is 0 Å². The van der Waals surface area contributed by atoms with Crippen LogP contribution in [0.1, 0.15) is 10.4 Å². The lowest BCUT2D eigenvalue weighted by Gasteiger charge is -2.09. The van der Waals surface area contributed by atoms with Gasteiger partial charge in [-0.2, -0.15) is 0 Å². The summed E-state index contributed by atoms with van der Waals surface area (Å²) >= 11 is 3.36. The number of amides is 1. The molecule has 21 heavy (non-hydrogen) atoms. The van der Waals surface area contributed by atoms with Gasteiger partial charge in [0.25, 0.3) is 5.91 Å². The van der Waals surface area contributed by atoms with Crippen molar-refractivity contribution in [2.24, 2.45) is 0 Å². The van der Waals surface area contributed by atoms with E-state index in [2.05, 4.69) is 21.2 Å². The number of fused-ring (bicyclic) bond motifs is 1. The van der Waals surface area contributed by atoms with Crippen LogP contribution < -0.4 is 19.5 Å². The Morgan fingerprint density at radius 1 is 1.19 bits per heavy atom. The van der Waals surface area contributed by atoms with E-state index < -0.39 is 0 Å². The van der Waals surface area contributed by atoms with E-state index in [1.54, 1.807) is 43.5 Å². The summed E-state index contributed by atoms with van der Waals surface area (Å²) in [4.78, 5) is 12.3. The summed E-state index contributed by atoms with van der Waals surface area (Å²) < 4.78 is 16.3. The van der Waals surface area contributed by atoms with Crippen LogP contribution in [0.15, 0.2) is 40.9 Å². The molecule has 0 saturated heterocycles. The SMILES string of the molecule is COc1ccc(Br)c(C(=O)Nc2ccc3c(c2)OCO3)c1. The molecule has 1 N–H and O–H groups in total. The fourth-order valence-corrected chi connectivity index (χ4v) is 2.40. The number of hydrogen-bond donors (Lipinski definition) is 1. The van der Waals surface area contributed by atoms with Crippen molar-refractivity contribution in [3.05, 3.63) is 46.4 Å². The van der Waals surface area contributed by atoms with Crippen LogP contribution in [0.4, 0.5) is 5.69 Å². The molecule has 0 spiro atoms. The predicted octanol–water partition coefficient (Wildman–Crippen LogP) is 3.44. The number of rotatable bonds is 3. The first-order valence-corrected chi connectivity index (χ1v) is 7.01. The Balaban J connectivity index is 1.83. The molecule has 0 radical (unpaired) electrons. The van der Waals surface area contributed by atoms with Crippen molar-refractivity contribution in [2.75, 3.05) is 19.2 Å². The van der Waals surface area contributed by atoms with Gasteiger partial charge in [0.15, 0.2) is 11.5 Å². The summed E-state index contributed by atoms with van der Waals surface area (Å²) in [5.74, 6) is 1.68. The molecule has 6 heteroatoms. The molecule has 0 aliphatic carbocycles. The minimum absolute atomic E-state index is 0.203. The molecule has 2 aromatic rings. The Morgan fingerprint density at radius 2 is 2.00 bits per heavy atom. The highest BCUT2D eigenvalue weighted by molar-refractivity contribution is 9.10. The summed E-state index contributed by atoms with van der Waals surface area (Å²) in [7, 11) is 1.56. The number of nitrogens with one attached hydrogen (secondary N) is 1. The van der Waals surface area contributed by atoms with Crippen LogP contribution in [0, 0.1) is 0 Å². The van der Waals surface area contributed by atoms with Crippen molar-refractivity contribution in [1.29, 1.82) is 0 Å². The van der Waals surface area contributed by atoms with Gasteiger partial charge >= 0.3 is 0 Å². The number of halogens is 1. The molecule has 1 heterocycles. The lowest BCUT2D eigenvalue weighted by molar-refractivity contribution is 0.102. The molecule has 0 saturated carbocycles. The van der Waals surface area contributed by atoms with E-state index in [1.807, 2.05) is 0 Å². The molecule has 2 aromatic carbocycles. The first-order chi connectivity index (χ1) is 10.2. The second kappa shape index (κ2) is 5.65. The molecular weight excluding hydrogens is 338 g/mol. The minimum Gasteiger partial charge on any atom is -0.497 e. The van der Waals surface area contributed by atoms with Crippen molar-refractivity contribution in [3.63, 3.8) is 0 Å². The Labute approximate surface area is 129 Å². The molecule has 0 fully saturated rings. The molecule has 0 atom stereocenters. The minimum atomic E-state index is -0.236. The molecule has 1 aliphatic heterocycles. The molecule has 108 valence electrons. The number of ether oxygens (including phenoxy) is 3. The van der Waals surface area contributed by atoms with Gasteiger partial charge in [-0.1, -0.05) is 0 Å². The zero-order chi connectivity index (χ0) is 14.8. The number of anilines is 1. The number of benzene rings is 2. The van der Waals surface area contributed by atoms with Gasteiger partial charge < -0.3 is 19.5 Å². The fraction of sp³-hybridized carbons (Fsp3) is 0.133. The van der Waals surface area contributed by atoms with Crippen molar-refractivity contribution in [2.45, 2.75) is 0 Å². The quantitative estimate of drug-likeness (QED) is 0.922. The summed E-state index contributed by atoms with van der Waals surface area (Å²) in [5, 5.41) is 2.82. The number of carbonyl (C=O) groups is 1. The first-order valence-electron chi connectivity index (χ1n) is 6.22. The van der Waals surface area contributed by atoms with E-state index in [4.69, 9.17) is 14.2 Å². The van der Waals surface area contributed by atoms with Gasteiger partial charge in [-0.15, -0.1) is 0 Å². The van der Waals surface area contributed by atoms with Gasteiger partial charge in [0.1, 0.15) is 5.75 Å². The highest BCUT2D eigenvalue weighted by atomic mass is 79.9. The van der Waals surface area contributed by atoms with Gasteiger partial charge in [-0.3, -0.25) is 4.79 Å². The van der Waals surface area contributed by atoms with E-state index in [1.165, 1.54) is 0 Å². The second-order valence-electron chi connectivity index (χ2n) is 4.37. The summed E-state index contributed by atoms with van der Waals surface area (Å²) in [6, 6.07) is 10.5. The van der Waals surface area contributed by atoms with E-state index in [9.17, 15) is 4.79 Å². The lowest BCUT2D eigenvalue weighted by atomic mass is 10.2. The van der Waals surface area contributed by atoms with Crippen LogP contribution in [0.25, 0.3) is 0 Å². The summed E-state index contributed by atoms with van der Waals surface area (Å²) in [5.41, 5.74) is 1.13. The molecule has 0 aromatic heterocycles. The average Bonchev–Trinajstić information content (AvgIpc) is 2.95. The third-order valence-corrected chi connectivity index (χ3v) is 3.74. The van der Waals surface area contributed by atoms with Crippen molar-refractivity contribution < 1.29 is 19.0 Å². The van der Waals surface area contributed by atoms with Crippen molar-refractivity contribution in [1.82, 2.24) is 0 Å². The van der Waals surface area contributed by atoms with E-state index in [0.717, 1.165) is 0 Å². The van der Waals surface area contributed by atoms with E-state index in [-0.39, 0.29) is 12.7 Å². The lowest BCUT2D eigenvalue weighted by Crippen LogP contribution is -2.12. The molecule has 0 bridgehead atoms. The van der Waals surface area contributed by atoms with E-state index in [0.29, 0.717) is 33.0 Å². The monoisotopic (exact) mass is 349 g/mol. The highest BCUT2D eigenvalue weighted by Gasteiger charge is 2.16. The van der Waals surface area contributed by atoms with Gasteiger partial charge in [0.05, 0.1) is 12.7 Å². The molecular formula is C15H12BrNO4. The van der Waals surface area contributed by atoms with E-state index >= 15 is 0 Å². The normalized spacial score (nSPS) is 12.1. The fourth-order valence-electron chi connectivity index (χ4n) is 1.98. The van der Waals surface area contributed by atoms with Crippen LogP contribution in [-0.4, -0.2) is 19.8 Å². The van der Waals surface area contributed by atoms with Crippen molar-refractivity contribution in [3.8, 4) is 17.2 Å². The van der Waals surface area contributed by atoms with Gasteiger partial charge in [0, 0.05) is 16.2 Å². The van der Waals surface area contributed by atoms with Gasteiger partial charge in [0.2, 0.25) is 6.79 Å². The maximum absolute atomic E-state index is 12.3. The molecule has 0 unspecified atom stereocenters. The van der Waals surface area contributed by atoms with Crippen molar-refractivity contribution >= 4 is 27.5 Å². The third kappa shape index (κ3) is 2.80. The standard InChI is InChI=1S/C15H12BrNO4/c1-19-10-3-4-12(16)11(7-10)15(18)17-9-2-5-13-14(6-9)21-8-20-13/h2-7H,8H2,1H3,(H,17,18). The topological polar surface area (TPSA) is 56.8 Å². The Morgan fingerprint density at radius 3 is 2.81 bits per heavy atom. The number of hydrogen-bond acceptors (Lipinski definition) is 4. The van der Waals surface area contributed by atoms with Crippen LogP contribution in [0.5, 0.6) is 17.2 Å². The van der Waals surface area contributed by atoms with Gasteiger partial charge in [-0.25, -0.2) is 0 Å². The predicted molar refractivity (Wildman–Crippen MR) is 81.2 cm³/mol. The summed E-state index contributed by atoms with van der Waals surface area (Å²) in [6.07, 6.45) is 0. The number of carbonyl (C=O) groups excluding carboxylic acids is 1. The number of methoxy groups -OCH3 is 1. The zero-order valence-electron chi connectivity index (χ0n) is 11.2. The smallest absolute Gasteiger partial charge is 0.256 e. The van der Waals surface area contributed by atoms with Crippen LogP contribution in [-0.2, 0) is 0 Å². The highest BCUT2D eigenvalue weighted by Crippen LogP contribution is 2.34. The molecule has 5 nitrogen and oxygen atoms in total. The van der Waals surface area contributed by atoms with Gasteiger partial charge in [-0.05, 0) is 46.3 Å². The Bertz CT molecular complexity index is 702. The molecule has 3 rings (SSSR count). The zero-order valence-corrected chi connectivity index (χ0v) is 12.8. The Hall–Kier alpha value is -2.21. The van der Waals surface area contributed by atoms with Crippen LogP contribution in [0.2, 0.25) is 0 Å². The largest absolute Gasteiger partial charge is 0.497 e. The van der Waals surface area contributed by atoms with Crippen LogP contribution >= 0.6 is 15.9 Å². The summed E-state index contributed by atoms with van der Waals surface area (Å²) in [6.45, 7) is 0.203. The third-order valence-electron chi connectivity index (χ3n) is 3.05.